The highest BCUT2D eigenvalue weighted by Gasteiger charge is 2.21. The molecule has 1 aliphatic heterocycles. The predicted octanol–water partition coefficient (Wildman–Crippen LogP) is 2.55. The van der Waals surface area contributed by atoms with Crippen molar-refractivity contribution in [2.45, 2.75) is 38.8 Å². The van der Waals surface area contributed by atoms with Gasteiger partial charge in [-0.15, -0.1) is 0 Å². The monoisotopic (exact) mass is 325 g/mol. The Morgan fingerprint density at radius 3 is 2.96 bits per heavy atom. The van der Waals surface area contributed by atoms with Crippen LogP contribution in [-0.2, 0) is 4.79 Å². The van der Waals surface area contributed by atoms with E-state index in [1.54, 1.807) is 18.3 Å². The fourth-order valence-corrected chi connectivity index (χ4v) is 2.71. The lowest BCUT2D eigenvalue weighted by Gasteiger charge is -2.15. The molecule has 0 radical (unpaired) electrons. The summed E-state index contributed by atoms with van der Waals surface area (Å²) < 4.78 is 11.5. The van der Waals surface area contributed by atoms with Crippen LogP contribution in [0.4, 0.5) is 0 Å². The standard InChI is InChI=1S/C18H19N3O3/c1-11(2)24-16-8-15-12(7-13(16)9-19)5-6-20-18(15)23-10-14-3-4-17(22)21-14/h5-8,11,14H,3-4,10H2,1-2H3,(H,21,22). The molecule has 0 aliphatic carbocycles. The maximum atomic E-state index is 11.3. The first-order valence-electron chi connectivity index (χ1n) is 7.98. The molecule has 1 atom stereocenters. The average molecular weight is 325 g/mol. The van der Waals surface area contributed by atoms with Gasteiger partial charge in [-0.05, 0) is 43.9 Å². The van der Waals surface area contributed by atoms with Crippen LogP contribution in [-0.4, -0.2) is 29.6 Å². The summed E-state index contributed by atoms with van der Waals surface area (Å²) in [6.45, 7) is 4.20. The van der Waals surface area contributed by atoms with E-state index in [1.165, 1.54) is 0 Å². The van der Waals surface area contributed by atoms with Crippen molar-refractivity contribution >= 4 is 16.7 Å². The van der Waals surface area contributed by atoms with Gasteiger partial charge in [-0.1, -0.05) is 0 Å². The number of carbonyl (C=O) groups is 1. The van der Waals surface area contributed by atoms with E-state index in [4.69, 9.17) is 9.47 Å². The van der Waals surface area contributed by atoms with E-state index in [-0.39, 0.29) is 18.1 Å². The molecule has 1 aromatic carbocycles. The number of rotatable bonds is 5. The SMILES string of the molecule is CC(C)Oc1cc2c(OCC3CCC(=O)N3)nccc2cc1C#N. The number of ether oxygens (including phenoxy) is 2. The maximum absolute atomic E-state index is 11.3. The van der Waals surface area contributed by atoms with E-state index in [0.717, 1.165) is 17.2 Å². The van der Waals surface area contributed by atoms with E-state index >= 15 is 0 Å². The van der Waals surface area contributed by atoms with Gasteiger partial charge in [0, 0.05) is 18.0 Å². The van der Waals surface area contributed by atoms with Crippen LogP contribution in [0.15, 0.2) is 24.4 Å². The molecular weight excluding hydrogens is 306 g/mol. The molecule has 1 saturated heterocycles. The van der Waals surface area contributed by atoms with Gasteiger partial charge < -0.3 is 14.8 Å². The molecule has 1 unspecified atom stereocenters. The first kappa shape index (κ1) is 16.1. The Morgan fingerprint density at radius 1 is 1.46 bits per heavy atom. The van der Waals surface area contributed by atoms with Crippen LogP contribution < -0.4 is 14.8 Å². The van der Waals surface area contributed by atoms with Gasteiger partial charge in [0.15, 0.2) is 0 Å². The number of aromatic nitrogens is 1. The number of hydrogen-bond acceptors (Lipinski definition) is 5. The maximum Gasteiger partial charge on any atom is 0.221 e. The van der Waals surface area contributed by atoms with Gasteiger partial charge in [-0.25, -0.2) is 4.98 Å². The van der Waals surface area contributed by atoms with E-state index in [2.05, 4.69) is 16.4 Å². The highest BCUT2D eigenvalue weighted by molar-refractivity contribution is 5.89. The van der Waals surface area contributed by atoms with Gasteiger partial charge in [0.2, 0.25) is 11.8 Å². The molecule has 6 nitrogen and oxygen atoms in total. The van der Waals surface area contributed by atoms with Crippen molar-refractivity contribution < 1.29 is 14.3 Å². The molecule has 2 aromatic rings. The first-order valence-corrected chi connectivity index (χ1v) is 7.98. The lowest BCUT2D eigenvalue weighted by molar-refractivity contribution is -0.119. The third-order valence-corrected chi connectivity index (χ3v) is 3.82. The quantitative estimate of drug-likeness (QED) is 0.913. The van der Waals surface area contributed by atoms with E-state index in [1.807, 2.05) is 19.9 Å². The zero-order valence-electron chi connectivity index (χ0n) is 13.7. The highest BCUT2D eigenvalue weighted by atomic mass is 16.5. The number of carbonyl (C=O) groups excluding carboxylic acids is 1. The van der Waals surface area contributed by atoms with Crippen molar-refractivity contribution in [1.29, 1.82) is 5.26 Å². The lowest BCUT2D eigenvalue weighted by atomic mass is 10.1. The number of nitrogens with zero attached hydrogens (tertiary/aromatic N) is 2. The van der Waals surface area contributed by atoms with Crippen LogP contribution in [0.25, 0.3) is 10.8 Å². The molecule has 1 N–H and O–H groups in total. The summed E-state index contributed by atoms with van der Waals surface area (Å²) >= 11 is 0. The molecule has 124 valence electrons. The second-order valence-electron chi connectivity index (χ2n) is 6.08. The summed E-state index contributed by atoms with van der Waals surface area (Å²) in [5.74, 6) is 1.06. The van der Waals surface area contributed by atoms with Crippen molar-refractivity contribution in [2.75, 3.05) is 6.61 Å². The fourth-order valence-electron chi connectivity index (χ4n) is 2.71. The van der Waals surface area contributed by atoms with Gasteiger partial charge in [-0.2, -0.15) is 5.26 Å². The summed E-state index contributed by atoms with van der Waals surface area (Å²) in [4.78, 5) is 15.6. The van der Waals surface area contributed by atoms with Gasteiger partial charge in [-0.3, -0.25) is 4.79 Å². The second kappa shape index (κ2) is 6.75. The van der Waals surface area contributed by atoms with Crippen molar-refractivity contribution in [1.82, 2.24) is 10.3 Å². The largest absolute Gasteiger partial charge is 0.490 e. The third-order valence-electron chi connectivity index (χ3n) is 3.82. The molecule has 0 saturated carbocycles. The molecule has 0 spiro atoms. The molecule has 2 heterocycles. The topological polar surface area (TPSA) is 84.2 Å². The minimum atomic E-state index is -0.0377. The van der Waals surface area contributed by atoms with Crippen molar-refractivity contribution in [3.63, 3.8) is 0 Å². The molecule has 1 fully saturated rings. The molecule has 1 amide bonds. The minimum Gasteiger partial charge on any atom is -0.490 e. The molecule has 1 aliphatic rings. The van der Waals surface area contributed by atoms with E-state index < -0.39 is 0 Å². The average Bonchev–Trinajstić information content (AvgIpc) is 2.97. The Kier molecular flexibility index (Phi) is 4.52. The number of nitriles is 1. The molecule has 3 rings (SSSR count). The Labute approximate surface area is 140 Å². The van der Waals surface area contributed by atoms with Crippen LogP contribution >= 0.6 is 0 Å². The van der Waals surface area contributed by atoms with Crippen LogP contribution in [0.3, 0.4) is 0 Å². The van der Waals surface area contributed by atoms with E-state index in [9.17, 15) is 10.1 Å². The van der Waals surface area contributed by atoms with Crippen molar-refractivity contribution in [3.8, 4) is 17.7 Å². The molecule has 24 heavy (non-hydrogen) atoms. The zero-order chi connectivity index (χ0) is 17.1. The summed E-state index contributed by atoms with van der Waals surface area (Å²) in [7, 11) is 0. The Balaban J connectivity index is 1.90. The number of amides is 1. The Morgan fingerprint density at radius 2 is 2.29 bits per heavy atom. The smallest absolute Gasteiger partial charge is 0.221 e. The number of nitrogens with one attached hydrogen (secondary N) is 1. The summed E-state index contributed by atoms with van der Waals surface area (Å²) in [5.41, 5.74) is 0.483. The summed E-state index contributed by atoms with van der Waals surface area (Å²) in [5, 5.41) is 13.8. The second-order valence-corrected chi connectivity index (χ2v) is 6.08. The Bertz CT molecular complexity index is 811. The fraction of sp³-hybridized carbons (Fsp3) is 0.389. The van der Waals surface area contributed by atoms with Crippen LogP contribution in [0, 0.1) is 11.3 Å². The van der Waals surface area contributed by atoms with E-state index in [0.29, 0.717) is 30.2 Å². The first-order chi connectivity index (χ1) is 11.6. The van der Waals surface area contributed by atoms with Crippen LogP contribution in [0.5, 0.6) is 11.6 Å². The lowest BCUT2D eigenvalue weighted by Crippen LogP contribution is -2.31. The summed E-state index contributed by atoms with van der Waals surface area (Å²) in [6, 6.07) is 7.58. The molecule has 6 heteroatoms. The van der Waals surface area contributed by atoms with Crippen LogP contribution in [0.1, 0.15) is 32.3 Å². The number of hydrogen-bond donors (Lipinski definition) is 1. The minimum absolute atomic E-state index is 0.0133. The highest BCUT2D eigenvalue weighted by Crippen LogP contribution is 2.31. The van der Waals surface area contributed by atoms with Gasteiger partial charge in [0.05, 0.1) is 17.7 Å². The molecular formula is C18H19N3O3. The third kappa shape index (κ3) is 3.40. The molecule has 1 aromatic heterocycles. The normalized spacial score (nSPS) is 16.9. The molecule has 0 bridgehead atoms. The zero-order valence-corrected chi connectivity index (χ0v) is 13.7. The number of pyridine rings is 1. The number of fused-ring (bicyclic) bond motifs is 1. The number of benzene rings is 1. The van der Waals surface area contributed by atoms with Crippen LogP contribution in [0.2, 0.25) is 0 Å². The predicted molar refractivity (Wildman–Crippen MR) is 88.9 cm³/mol. The summed E-state index contributed by atoms with van der Waals surface area (Å²) in [6.07, 6.45) is 2.91. The van der Waals surface area contributed by atoms with Gasteiger partial charge in [0.25, 0.3) is 0 Å². The van der Waals surface area contributed by atoms with Gasteiger partial charge in [0.1, 0.15) is 18.4 Å². The van der Waals surface area contributed by atoms with Crippen molar-refractivity contribution in [3.05, 3.63) is 30.0 Å². The van der Waals surface area contributed by atoms with Gasteiger partial charge >= 0.3 is 0 Å². The Hall–Kier alpha value is -2.81. The van der Waals surface area contributed by atoms with Crippen molar-refractivity contribution in [2.24, 2.45) is 0 Å².